The SMILES string of the molecule is C[C@@H](CO)[Si]n1cnc2c(-c3cnn(C)c3)nc(-c3ccc(C(F)(F)F)nc3)cc2c1=O. The van der Waals surface area contributed by atoms with Gasteiger partial charge in [0, 0.05) is 37.2 Å². The lowest BCUT2D eigenvalue weighted by Gasteiger charge is -2.12. The molecule has 8 nitrogen and oxygen atoms in total. The van der Waals surface area contributed by atoms with Crippen molar-refractivity contribution in [1.29, 1.82) is 0 Å². The third kappa shape index (κ3) is 4.18. The zero-order valence-electron chi connectivity index (χ0n) is 17.0. The number of nitrogens with zero attached hydrogens (tertiary/aromatic N) is 6. The summed E-state index contributed by atoms with van der Waals surface area (Å²) in [5.74, 6) is 0. The largest absolute Gasteiger partial charge is 0.433 e. The molecule has 4 rings (SSSR count). The molecule has 0 unspecified atom stereocenters. The van der Waals surface area contributed by atoms with Gasteiger partial charge < -0.3 is 9.34 Å². The van der Waals surface area contributed by atoms with E-state index in [0.717, 1.165) is 12.3 Å². The minimum atomic E-state index is -4.56. The van der Waals surface area contributed by atoms with Crippen LogP contribution < -0.4 is 5.56 Å². The summed E-state index contributed by atoms with van der Waals surface area (Å²) in [4.78, 5) is 25.7. The summed E-state index contributed by atoms with van der Waals surface area (Å²) < 4.78 is 41.7. The van der Waals surface area contributed by atoms with E-state index in [4.69, 9.17) is 0 Å². The fourth-order valence-electron chi connectivity index (χ4n) is 3.11. The summed E-state index contributed by atoms with van der Waals surface area (Å²) >= 11 is 0. The predicted octanol–water partition coefficient (Wildman–Crippen LogP) is 2.54. The van der Waals surface area contributed by atoms with Crippen LogP contribution in [0.5, 0.6) is 0 Å². The number of alkyl halides is 3. The van der Waals surface area contributed by atoms with Crippen molar-refractivity contribution in [2.45, 2.75) is 18.6 Å². The Morgan fingerprint density at radius 1 is 1.19 bits per heavy atom. The van der Waals surface area contributed by atoms with Crippen molar-refractivity contribution in [3.05, 3.63) is 59.2 Å². The van der Waals surface area contributed by atoms with Gasteiger partial charge in [-0.2, -0.15) is 18.3 Å². The monoisotopic (exact) mass is 458 g/mol. The van der Waals surface area contributed by atoms with Crippen molar-refractivity contribution < 1.29 is 18.3 Å². The fraction of sp³-hybridized carbons (Fsp3) is 0.250. The first-order valence-electron chi connectivity index (χ1n) is 9.50. The van der Waals surface area contributed by atoms with E-state index in [2.05, 4.69) is 20.1 Å². The number of halogens is 3. The number of aliphatic hydroxyl groups is 1. The second-order valence-corrected chi connectivity index (χ2v) is 8.94. The van der Waals surface area contributed by atoms with Gasteiger partial charge in [0.05, 0.1) is 23.6 Å². The minimum Gasteiger partial charge on any atom is -0.396 e. The third-order valence-electron chi connectivity index (χ3n) is 4.71. The van der Waals surface area contributed by atoms with E-state index in [9.17, 15) is 23.1 Å². The number of hydrogen-bond donors (Lipinski definition) is 1. The Kier molecular flexibility index (Phi) is 5.65. The molecular formula is C20H17F3N6O2Si. The second-order valence-electron chi connectivity index (χ2n) is 7.22. The van der Waals surface area contributed by atoms with Crippen LogP contribution in [0.3, 0.4) is 0 Å². The Labute approximate surface area is 182 Å². The molecule has 0 aliphatic heterocycles. The van der Waals surface area contributed by atoms with E-state index in [1.807, 2.05) is 6.92 Å². The summed E-state index contributed by atoms with van der Waals surface area (Å²) in [5, 5.41) is 13.7. The topological polar surface area (TPSA) is 98.7 Å². The number of rotatable bonds is 5. The van der Waals surface area contributed by atoms with Crippen LogP contribution in [0.2, 0.25) is 5.54 Å². The Balaban J connectivity index is 1.93. The highest BCUT2D eigenvalue weighted by molar-refractivity contribution is 6.35. The van der Waals surface area contributed by atoms with Crippen LogP contribution in [0.25, 0.3) is 33.4 Å². The van der Waals surface area contributed by atoms with Crippen LogP contribution in [0, 0.1) is 0 Å². The van der Waals surface area contributed by atoms with Gasteiger partial charge in [-0.1, -0.05) is 6.92 Å². The van der Waals surface area contributed by atoms with Gasteiger partial charge in [-0.15, -0.1) is 0 Å². The lowest BCUT2D eigenvalue weighted by molar-refractivity contribution is -0.141. The molecule has 4 heterocycles. The molecule has 164 valence electrons. The van der Waals surface area contributed by atoms with E-state index in [0.29, 0.717) is 22.3 Å². The summed E-state index contributed by atoms with van der Waals surface area (Å²) in [5.41, 5.74) is 0.469. The molecule has 0 spiro atoms. The number of aromatic nitrogens is 6. The highest BCUT2D eigenvalue weighted by atomic mass is 28.2. The molecule has 0 aliphatic rings. The first-order valence-corrected chi connectivity index (χ1v) is 10.5. The van der Waals surface area contributed by atoms with Gasteiger partial charge in [-0.25, -0.2) is 9.97 Å². The van der Waals surface area contributed by atoms with Crippen molar-refractivity contribution in [3.8, 4) is 22.5 Å². The van der Waals surface area contributed by atoms with Crippen LogP contribution in [0.15, 0.2) is 47.9 Å². The molecular weight excluding hydrogens is 441 g/mol. The molecule has 2 radical (unpaired) electrons. The second kappa shape index (κ2) is 8.28. The van der Waals surface area contributed by atoms with Crippen LogP contribution in [0.4, 0.5) is 13.2 Å². The molecule has 0 aliphatic carbocycles. The highest BCUT2D eigenvalue weighted by Crippen LogP contribution is 2.31. The number of hydrogen-bond acceptors (Lipinski definition) is 6. The number of aliphatic hydroxyl groups excluding tert-OH is 1. The molecule has 0 aromatic carbocycles. The minimum absolute atomic E-state index is 0.0197. The lowest BCUT2D eigenvalue weighted by Crippen LogP contribution is -2.28. The normalized spacial score (nSPS) is 12.9. The molecule has 4 aromatic rings. The molecule has 0 bridgehead atoms. The zero-order chi connectivity index (χ0) is 23.0. The van der Waals surface area contributed by atoms with Crippen molar-refractivity contribution in [1.82, 2.24) is 29.0 Å². The van der Waals surface area contributed by atoms with Crippen LogP contribution in [-0.2, 0) is 13.2 Å². The van der Waals surface area contributed by atoms with E-state index in [-0.39, 0.29) is 38.5 Å². The van der Waals surface area contributed by atoms with Crippen molar-refractivity contribution in [2.75, 3.05) is 6.61 Å². The van der Waals surface area contributed by atoms with Gasteiger partial charge in [-0.05, 0) is 23.7 Å². The maximum absolute atomic E-state index is 13.2. The maximum atomic E-state index is 13.2. The third-order valence-corrected chi connectivity index (χ3v) is 5.93. The maximum Gasteiger partial charge on any atom is 0.433 e. The Bertz CT molecular complexity index is 1330. The summed E-state index contributed by atoms with van der Waals surface area (Å²) in [6.45, 7) is 1.73. The average Bonchev–Trinajstić information content (AvgIpc) is 3.20. The molecule has 32 heavy (non-hydrogen) atoms. The first kappa shape index (κ1) is 21.8. The number of pyridine rings is 2. The summed E-state index contributed by atoms with van der Waals surface area (Å²) in [6.07, 6.45) is 1.21. The Hall–Kier alpha value is -3.38. The van der Waals surface area contributed by atoms with E-state index in [1.165, 1.54) is 22.7 Å². The van der Waals surface area contributed by atoms with E-state index in [1.54, 1.807) is 24.1 Å². The fourth-order valence-corrected chi connectivity index (χ4v) is 4.02. The van der Waals surface area contributed by atoms with Crippen LogP contribution in [-0.4, -0.2) is 50.4 Å². The van der Waals surface area contributed by atoms with Gasteiger partial charge >= 0.3 is 6.18 Å². The van der Waals surface area contributed by atoms with Gasteiger partial charge in [0.15, 0.2) is 9.68 Å². The summed E-state index contributed by atoms with van der Waals surface area (Å²) in [7, 11) is 1.71. The van der Waals surface area contributed by atoms with Crippen molar-refractivity contribution in [3.63, 3.8) is 0 Å². The van der Waals surface area contributed by atoms with Crippen molar-refractivity contribution >= 4 is 20.6 Å². The standard InChI is InChI=1S/C20H17F3N6O2Si/c1-11(9-30)32-29-10-25-18-14(19(29)31)5-15(27-17(18)13-7-26-28(2)8-13)12-3-4-16(24-6-12)20(21,22)23/h3-8,10-11,30H,9H2,1-2H3/t11-/m0/s1. The number of aryl methyl sites for hydroxylation is 1. The van der Waals surface area contributed by atoms with Crippen LogP contribution in [0.1, 0.15) is 12.6 Å². The van der Waals surface area contributed by atoms with Crippen LogP contribution >= 0.6 is 0 Å². The Morgan fingerprint density at radius 2 is 1.97 bits per heavy atom. The number of fused-ring (bicyclic) bond motifs is 1. The van der Waals surface area contributed by atoms with Gasteiger partial charge in [0.25, 0.3) is 5.56 Å². The highest BCUT2D eigenvalue weighted by Gasteiger charge is 2.32. The lowest BCUT2D eigenvalue weighted by atomic mass is 10.1. The van der Waals surface area contributed by atoms with E-state index < -0.39 is 11.9 Å². The molecule has 0 amide bonds. The van der Waals surface area contributed by atoms with Gasteiger partial charge in [0.2, 0.25) is 0 Å². The molecule has 1 atom stereocenters. The van der Waals surface area contributed by atoms with Gasteiger partial charge in [-0.3, -0.25) is 14.5 Å². The average molecular weight is 458 g/mol. The smallest absolute Gasteiger partial charge is 0.396 e. The van der Waals surface area contributed by atoms with Gasteiger partial charge in [0.1, 0.15) is 16.9 Å². The molecule has 0 fully saturated rings. The van der Waals surface area contributed by atoms with E-state index >= 15 is 0 Å². The van der Waals surface area contributed by atoms with Crippen molar-refractivity contribution in [2.24, 2.45) is 7.05 Å². The molecule has 12 heteroatoms. The first-order chi connectivity index (χ1) is 15.2. The zero-order valence-corrected chi connectivity index (χ0v) is 18.0. The summed E-state index contributed by atoms with van der Waals surface area (Å²) in [6, 6.07) is 3.64. The molecule has 1 N–H and O–H groups in total. The molecule has 0 saturated heterocycles. The predicted molar refractivity (Wildman–Crippen MR) is 112 cm³/mol. The Morgan fingerprint density at radius 3 is 2.56 bits per heavy atom. The molecule has 4 aromatic heterocycles. The quantitative estimate of drug-likeness (QED) is 0.462. The molecule has 0 saturated carbocycles.